The monoisotopic (exact) mass is 458 g/mol. The molecule has 1 fully saturated rings. The maximum absolute atomic E-state index is 13.4. The van der Waals surface area contributed by atoms with Crippen molar-refractivity contribution >= 4 is 29.2 Å². The Morgan fingerprint density at radius 1 is 1.19 bits per heavy atom. The van der Waals surface area contributed by atoms with Gasteiger partial charge < -0.3 is 21.1 Å². The number of nitrogens with one attached hydrogen (secondary N) is 1. The lowest BCUT2D eigenvalue weighted by Gasteiger charge is -2.51. The van der Waals surface area contributed by atoms with Crippen molar-refractivity contribution in [3.63, 3.8) is 0 Å². The summed E-state index contributed by atoms with van der Waals surface area (Å²) in [6.45, 7) is 8.41. The van der Waals surface area contributed by atoms with Crippen LogP contribution in [0.3, 0.4) is 0 Å². The van der Waals surface area contributed by atoms with Gasteiger partial charge in [0.1, 0.15) is 11.9 Å². The molecule has 32 heavy (non-hydrogen) atoms. The molecule has 7 nitrogen and oxygen atoms in total. The van der Waals surface area contributed by atoms with Crippen molar-refractivity contribution in [2.24, 2.45) is 11.3 Å². The molecular formula is C24H31ClN4O3. The zero-order valence-corrected chi connectivity index (χ0v) is 19.7. The van der Waals surface area contributed by atoms with Crippen molar-refractivity contribution in [2.75, 3.05) is 18.8 Å². The van der Waals surface area contributed by atoms with Crippen LogP contribution in [0.1, 0.15) is 50.0 Å². The van der Waals surface area contributed by atoms with Gasteiger partial charge in [0.25, 0.3) is 5.91 Å². The van der Waals surface area contributed by atoms with Crippen LogP contribution < -0.4 is 11.1 Å². The van der Waals surface area contributed by atoms with E-state index in [2.05, 4.69) is 10.3 Å². The number of likely N-dealkylation sites (tertiary alicyclic amines) is 1. The number of aromatic nitrogens is 1. The minimum atomic E-state index is -1.10. The minimum absolute atomic E-state index is 0.117. The molecule has 1 aliphatic rings. The predicted octanol–water partition coefficient (Wildman–Crippen LogP) is 3.22. The summed E-state index contributed by atoms with van der Waals surface area (Å²) >= 11 is 6.01. The van der Waals surface area contributed by atoms with Crippen LogP contribution in [0.5, 0.6) is 0 Å². The number of nitrogen functional groups attached to an aromatic ring is 1. The molecule has 0 aliphatic carbocycles. The Morgan fingerprint density at radius 3 is 2.38 bits per heavy atom. The molecule has 1 aromatic heterocycles. The number of hydrogen-bond donors (Lipinski definition) is 3. The Bertz CT molecular complexity index is 976. The molecule has 2 atom stereocenters. The van der Waals surface area contributed by atoms with Crippen LogP contribution >= 0.6 is 11.6 Å². The third kappa shape index (κ3) is 4.74. The van der Waals surface area contributed by atoms with Crippen molar-refractivity contribution < 1.29 is 14.7 Å². The van der Waals surface area contributed by atoms with Crippen molar-refractivity contribution in [2.45, 2.75) is 45.8 Å². The van der Waals surface area contributed by atoms with Crippen LogP contribution in [0.15, 0.2) is 42.6 Å². The number of halogens is 1. The SMILES string of the molecule is CC(C)[C@@H](NC(=O)c1ccc(N)nc1)C(=O)N1CC[C@](O)(c2ccc(Cl)cc2)C(C)(C)C1. The van der Waals surface area contributed by atoms with Crippen molar-refractivity contribution in [3.8, 4) is 0 Å². The summed E-state index contributed by atoms with van der Waals surface area (Å²) in [4.78, 5) is 31.8. The fourth-order valence-electron chi connectivity index (χ4n) is 4.25. The van der Waals surface area contributed by atoms with Crippen molar-refractivity contribution in [1.29, 1.82) is 0 Å². The van der Waals surface area contributed by atoms with Gasteiger partial charge in [0.2, 0.25) is 5.91 Å². The van der Waals surface area contributed by atoms with Gasteiger partial charge in [-0.15, -0.1) is 0 Å². The number of aliphatic hydroxyl groups is 1. The molecule has 0 spiro atoms. The summed E-state index contributed by atoms with van der Waals surface area (Å²) in [5, 5.41) is 15.0. The van der Waals surface area contributed by atoms with E-state index in [1.54, 1.807) is 29.2 Å². The van der Waals surface area contributed by atoms with E-state index >= 15 is 0 Å². The average molecular weight is 459 g/mol. The molecule has 2 amide bonds. The fourth-order valence-corrected chi connectivity index (χ4v) is 4.37. The first kappa shape index (κ1) is 24.0. The molecule has 2 aromatic rings. The molecule has 0 bridgehead atoms. The highest BCUT2D eigenvalue weighted by atomic mass is 35.5. The number of pyridine rings is 1. The summed E-state index contributed by atoms with van der Waals surface area (Å²) in [6, 6.07) is 9.62. The number of nitrogens with two attached hydrogens (primary N) is 1. The molecule has 1 aromatic carbocycles. The lowest BCUT2D eigenvalue weighted by Crippen LogP contribution is -2.60. The van der Waals surface area contributed by atoms with Gasteiger partial charge in [-0.3, -0.25) is 9.59 Å². The zero-order valence-electron chi connectivity index (χ0n) is 18.9. The van der Waals surface area contributed by atoms with E-state index < -0.39 is 17.1 Å². The highest BCUT2D eigenvalue weighted by molar-refractivity contribution is 6.30. The second-order valence-electron chi connectivity index (χ2n) is 9.43. The number of carbonyl (C=O) groups is 2. The second-order valence-corrected chi connectivity index (χ2v) is 9.86. The predicted molar refractivity (Wildman–Crippen MR) is 125 cm³/mol. The zero-order chi connectivity index (χ0) is 23.7. The van der Waals surface area contributed by atoms with Gasteiger partial charge in [-0.25, -0.2) is 4.98 Å². The summed E-state index contributed by atoms with van der Waals surface area (Å²) in [7, 11) is 0. The summed E-state index contributed by atoms with van der Waals surface area (Å²) in [5.74, 6) is -0.336. The maximum atomic E-state index is 13.4. The number of anilines is 1. The van der Waals surface area contributed by atoms with Gasteiger partial charge >= 0.3 is 0 Å². The molecule has 172 valence electrons. The van der Waals surface area contributed by atoms with E-state index in [0.29, 0.717) is 35.9 Å². The third-order valence-corrected chi connectivity index (χ3v) is 6.60. The smallest absolute Gasteiger partial charge is 0.253 e. The molecule has 1 aliphatic heterocycles. The number of hydrogen-bond acceptors (Lipinski definition) is 5. The molecule has 0 saturated carbocycles. The van der Waals surface area contributed by atoms with E-state index in [4.69, 9.17) is 17.3 Å². The quantitative estimate of drug-likeness (QED) is 0.637. The lowest BCUT2D eigenvalue weighted by molar-refractivity contribution is -0.155. The Balaban J connectivity index is 1.76. The van der Waals surface area contributed by atoms with Crippen LogP contribution in [-0.2, 0) is 10.4 Å². The molecular weight excluding hydrogens is 428 g/mol. The van der Waals surface area contributed by atoms with E-state index in [1.807, 2.05) is 39.8 Å². The van der Waals surface area contributed by atoms with Crippen LogP contribution in [0.25, 0.3) is 0 Å². The molecule has 1 saturated heterocycles. The molecule has 2 heterocycles. The first-order valence-electron chi connectivity index (χ1n) is 10.7. The number of amides is 2. The lowest BCUT2D eigenvalue weighted by atomic mass is 9.66. The number of piperidine rings is 1. The Hall–Kier alpha value is -2.64. The molecule has 0 unspecified atom stereocenters. The molecule has 8 heteroatoms. The van der Waals surface area contributed by atoms with E-state index in [-0.39, 0.29) is 17.7 Å². The van der Waals surface area contributed by atoms with Gasteiger partial charge in [0.15, 0.2) is 0 Å². The van der Waals surface area contributed by atoms with Crippen LogP contribution in [0.2, 0.25) is 5.02 Å². The highest BCUT2D eigenvalue weighted by Crippen LogP contribution is 2.46. The normalized spacial score (nSPS) is 21.3. The topological polar surface area (TPSA) is 109 Å². The number of nitrogens with zero attached hydrogens (tertiary/aromatic N) is 2. The van der Waals surface area contributed by atoms with E-state index in [9.17, 15) is 14.7 Å². The number of rotatable bonds is 5. The van der Waals surface area contributed by atoms with E-state index in [1.165, 1.54) is 6.20 Å². The molecule has 0 radical (unpaired) electrons. The van der Waals surface area contributed by atoms with Crippen molar-refractivity contribution in [1.82, 2.24) is 15.2 Å². The first-order valence-corrected chi connectivity index (χ1v) is 11.1. The Labute approximate surface area is 194 Å². The maximum Gasteiger partial charge on any atom is 0.253 e. The molecule has 3 rings (SSSR count). The fraction of sp³-hybridized carbons (Fsp3) is 0.458. The Morgan fingerprint density at radius 2 is 1.84 bits per heavy atom. The van der Waals surface area contributed by atoms with Crippen LogP contribution in [-0.4, -0.2) is 45.9 Å². The standard InChI is InChI=1S/C24H31ClN4O3/c1-15(2)20(28-21(30)16-5-10-19(26)27-13-16)22(31)29-12-11-24(32,23(3,4)14-29)17-6-8-18(25)9-7-17/h5-10,13,15,20,32H,11-12,14H2,1-4H3,(H2,26,27)(H,28,30)/t20-,24+/m1/s1. The first-order chi connectivity index (χ1) is 14.9. The number of carbonyl (C=O) groups excluding carboxylic acids is 2. The van der Waals surface area contributed by atoms with Crippen LogP contribution in [0, 0.1) is 11.3 Å². The van der Waals surface area contributed by atoms with Crippen molar-refractivity contribution in [3.05, 3.63) is 58.7 Å². The second kappa shape index (κ2) is 9.08. The summed E-state index contributed by atoms with van der Waals surface area (Å²) < 4.78 is 0. The minimum Gasteiger partial charge on any atom is -0.384 e. The van der Waals surface area contributed by atoms with E-state index in [0.717, 1.165) is 5.56 Å². The summed E-state index contributed by atoms with van der Waals surface area (Å²) in [5.41, 5.74) is 5.00. The van der Waals surface area contributed by atoms with Gasteiger partial charge in [-0.05, 0) is 42.2 Å². The largest absolute Gasteiger partial charge is 0.384 e. The van der Waals surface area contributed by atoms with Gasteiger partial charge in [-0.1, -0.05) is 51.4 Å². The third-order valence-electron chi connectivity index (χ3n) is 6.35. The highest BCUT2D eigenvalue weighted by Gasteiger charge is 2.50. The average Bonchev–Trinajstić information content (AvgIpc) is 2.74. The molecule has 4 N–H and O–H groups in total. The van der Waals surface area contributed by atoms with Gasteiger partial charge in [0, 0.05) is 29.7 Å². The Kier molecular flexibility index (Phi) is 6.81. The van der Waals surface area contributed by atoms with Gasteiger partial charge in [0.05, 0.1) is 11.2 Å². The van der Waals surface area contributed by atoms with Crippen LogP contribution in [0.4, 0.5) is 5.82 Å². The summed E-state index contributed by atoms with van der Waals surface area (Å²) in [6.07, 6.45) is 1.77. The van der Waals surface area contributed by atoms with Gasteiger partial charge in [-0.2, -0.15) is 0 Å². The number of benzene rings is 1.